The maximum Gasteiger partial charge on any atom is 0.306 e. The molecule has 0 aliphatic carbocycles. The summed E-state index contributed by atoms with van der Waals surface area (Å²) < 4.78 is 7.76. The standard InChI is InChI=1S/C29H27N5O3S/c1-17-18(2)38-29-26(17)27(31-24(16-25(35)36)28-33-32-19(3)34(28)29)21-11-9-20(10-12-21)22-7-6-8-23(15-22)37-14-5-4-13-30/h6-12,15,24H,4-5,14,16H2,1-3H3,(H,35,36)/t24-/m0/s1. The first-order valence-electron chi connectivity index (χ1n) is 12.4. The quantitative estimate of drug-likeness (QED) is 0.284. The van der Waals surface area contributed by atoms with E-state index in [2.05, 4.69) is 30.1 Å². The lowest BCUT2D eigenvalue weighted by Crippen LogP contribution is -2.10. The molecular formula is C29H27N5O3S. The molecule has 0 bridgehead atoms. The minimum atomic E-state index is -0.937. The largest absolute Gasteiger partial charge is 0.494 e. The molecule has 2 aromatic carbocycles. The van der Waals surface area contributed by atoms with Crippen LogP contribution in [0.4, 0.5) is 0 Å². The summed E-state index contributed by atoms with van der Waals surface area (Å²) in [6.07, 6.45) is 0.994. The van der Waals surface area contributed by atoms with Crippen molar-refractivity contribution in [3.63, 3.8) is 0 Å². The van der Waals surface area contributed by atoms with Gasteiger partial charge in [-0.1, -0.05) is 36.4 Å². The van der Waals surface area contributed by atoms with Crippen LogP contribution < -0.4 is 4.74 Å². The smallest absolute Gasteiger partial charge is 0.306 e. The molecule has 1 aliphatic heterocycles. The second kappa shape index (κ2) is 10.6. The fourth-order valence-corrected chi connectivity index (χ4v) is 5.83. The number of unbranched alkanes of at least 4 members (excludes halogenated alkanes) is 1. The van der Waals surface area contributed by atoms with Crippen LogP contribution in [0.2, 0.25) is 0 Å². The predicted octanol–water partition coefficient (Wildman–Crippen LogP) is 5.97. The number of aliphatic imine (C=N–C) groups is 1. The van der Waals surface area contributed by atoms with Gasteiger partial charge < -0.3 is 9.84 Å². The maximum atomic E-state index is 11.8. The van der Waals surface area contributed by atoms with E-state index in [1.165, 1.54) is 4.88 Å². The molecule has 0 spiro atoms. The molecule has 1 aliphatic rings. The van der Waals surface area contributed by atoms with Crippen LogP contribution in [-0.4, -0.2) is 38.2 Å². The molecular weight excluding hydrogens is 498 g/mol. The van der Waals surface area contributed by atoms with E-state index in [-0.39, 0.29) is 6.42 Å². The maximum absolute atomic E-state index is 11.8. The Balaban J connectivity index is 1.53. The number of nitrogens with zero attached hydrogens (tertiary/aromatic N) is 5. The third-order valence-electron chi connectivity index (χ3n) is 6.63. The van der Waals surface area contributed by atoms with E-state index in [4.69, 9.17) is 15.0 Å². The summed E-state index contributed by atoms with van der Waals surface area (Å²) in [7, 11) is 0. The van der Waals surface area contributed by atoms with Gasteiger partial charge in [-0.3, -0.25) is 14.4 Å². The van der Waals surface area contributed by atoms with E-state index in [1.54, 1.807) is 11.3 Å². The van der Waals surface area contributed by atoms with Crippen LogP contribution in [0.5, 0.6) is 5.75 Å². The van der Waals surface area contributed by atoms with Crippen molar-refractivity contribution < 1.29 is 14.6 Å². The summed E-state index contributed by atoms with van der Waals surface area (Å²) in [5.74, 6) is 1.08. The van der Waals surface area contributed by atoms with Crippen molar-refractivity contribution >= 4 is 23.0 Å². The zero-order valence-electron chi connectivity index (χ0n) is 21.4. The minimum absolute atomic E-state index is 0.173. The van der Waals surface area contributed by atoms with Gasteiger partial charge in [0.1, 0.15) is 22.6 Å². The number of carbonyl (C=O) groups is 1. The van der Waals surface area contributed by atoms with Gasteiger partial charge in [0, 0.05) is 22.4 Å². The van der Waals surface area contributed by atoms with Gasteiger partial charge in [-0.2, -0.15) is 5.26 Å². The van der Waals surface area contributed by atoms with Gasteiger partial charge in [0.2, 0.25) is 0 Å². The van der Waals surface area contributed by atoms with Crippen LogP contribution in [0.25, 0.3) is 16.1 Å². The lowest BCUT2D eigenvalue weighted by molar-refractivity contribution is -0.137. The average Bonchev–Trinajstić information content (AvgIpc) is 3.39. The van der Waals surface area contributed by atoms with Gasteiger partial charge in [-0.05, 0) is 56.0 Å². The molecule has 5 rings (SSSR count). The molecule has 0 unspecified atom stereocenters. The number of aliphatic carboxylic acids is 1. The molecule has 0 saturated carbocycles. The second-order valence-electron chi connectivity index (χ2n) is 9.21. The van der Waals surface area contributed by atoms with Gasteiger partial charge in [-0.25, -0.2) is 0 Å². The van der Waals surface area contributed by atoms with Crippen LogP contribution in [0.1, 0.15) is 58.5 Å². The number of aromatic nitrogens is 3. The number of carboxylic acids is 1. The molecule has 192 valence electrons. The molecule has 0 radical (unpaired) electrons. The molecule has 8 nitrogen and oxygen atoms in total. The average molecular weight is 526 g/mol. The first-order valence-corrected chi connectivity index (χ1v) is 13.2. The fourth-order valence-electron chi connectivity index (χ4n) is 4.62. The first-order chi connectivity index (χ1) is 18.4. The van der Waals surface area contributed by atoms with Crippen molar-refractivity contribution in [2.75, 3.05) is 6.61 Å². The summed E-state index contributed by atoms with van der Waals surface area (Å²) in [4.78, 5) is 17.9. The minimum Gasteiger partial charge on any atom is -0.494 e. The van der Waals surface area contributed by atoms with Crippen molar-refractivity contribution in [1.82, 2.24) is 14.8 Å². The third kappa shape index (κ3) is 4.83. The zero-order chi connectivity index (χ0) is 26.8. The van der Waals surface area contributed by atoms with Crippen molar-refractivity contribution in [2.24, 2.45) is 4.99 Å². The molecule has 38 heavy (non-hydrogen) atoms. The summed E-state index contributed by atoms with van der Waals surface area (Å²) in [6.45, 7) is 6.54. The van der Waals surface area contributed by atoms with Crippen LogP contribution >= 0.6 is 11.3 Å². The molecule has 0 amide bonds. The topological polar surface area (TPSA) is 113 Å². The Labute approximate surface area is 224 Å². The van der Waals surface area contributed by atoms with E-state index < -0.39 is 12.0 Å². The normalized spacial score (nSPS) is 14.2. The van der Waals surface area contributed by atoms with Crippen molar-refractivity contribution in [3.05, 3.63) is 81.7 Å². The molecule has 1 atom stereocenters. The number of rotatable bonds is 8. The Bertz CT molecular complexity index is 1580. The number of aryl methyl sites for hydroxylation is 2. The Morgan fingerprint density at radius 3 is 2.61 bits per heavy atom. The lowest BCUT2D eigenvalue weighted by atomic mass is 9.97. The summed E-state index contributed by atoms with van der Waals surface area (Å²) in [5, 5.41) is 27.9. The number of thiophene rings is 1. The van der Waals surface area contributed by atoms with Crippen LogP contribution in [0.15, 0.2) is 53.5 Å². The van der Waals surface area contributed by atoms with E-state index in [9.17, 15) is 9.90 Å². The van der Waals surface area contributed by atoms with E-state index in [1.807, 2.05) is 60.0 Å². The fraction of sp³-hybridized carbons (Fsp3) is 0.276. The van der Waals surface area contributed by atoms with Gasteiger partial charge in [0.05, 0.1) is 24.8 Å². The number of fused-ring (bicyclic) bond motifs is 3. The number of benzene rings is 2. The highest BCUT2D eigenvalue weighted by Gasteiger charge is 2.32. The van der Waals surface area contributed by atoms with Crippen LogP contribution in [0.3, 0.4) is 0 Å². The number of carboxylic acid groups (broad SMARTS) is 1. The lowest BCUT2D eigenvalue weighted by Gasteiger charge is -2.12. The van der Waals surface area contributed by atoms with E-state index in [0.717, 1.165) is 44.3 Å². The number of hydrogen-bond donors (Lipinski definition) is 1. The van der Waals surface area contributed by atoms with Gasteiger partial charge in [0.25, 0.3) is 0 Å². The van der Waals surface area contributed by atoms with E-state index >= 15 is 0 Å². The number of nitriles is 1. The summed E-state index contributed by atoms with van der Waals surface area (Å²) in [6, 6.07) is 17.5. The van der Waals surface area contributed by atoms with Crippen molar-refractivity contribution in [3.8, 4) is 27.9 Å². The third-order valence-corrected chi connectivity index (χ3v) is 7.83. The molecule has 4 aromatic rings. The second-order valence-corrected chi connectivity index (χ2v) is 10.4. The molecule has 3 heterocycles. The SMILES string of the molecule is Cc1sc2c(c1C)C(c1ccc(-c3cccc(OCCCC#N)c3)cc1)=N[C@@H](CC(=O)O)c1nnc(C)n1-2. The highest BCUT2D eigenvalue weighted by Crippen LogP contribution is 2.39. The summed E-state index contributed by atoms with van der Waals surface area (Å²) >= 11 is 1.64. The van der Waals surface area contributed by atoms with Crippen molar-refractivity contribution in [1.29, 1.82) is 5.26 Å². The Morgan fingerprint density at radius 2 is 1.87 bits per heavy atom. The first kappa shape index (κ1) is 25.4. The van der Waals surface area contributed by atoms with E-state index in [0.29, 0.717) is 31.1 Å². The van der Waals surface area contributed by atoms with Gasteiger partial charge in [-0.15, -0.1) is 21.5 Å². The predicted molar refractivity (Wildman–Crippen MR) is 146 cm³/mol. The summed E-state index contributed by atoms with van der Waals surface area (Å²) in [5.41, 5.74) is 5.82. The van der Waals surface area contributed by atoms with Gasteiger partial charge >= 0.3 is 5.97 Å². The molecule has 0 saturated heterocycles. The van der Waals surface area contributed by atoms with Crippen molar-refractivity contribution in [2.45, 2.75) is 46.1 Å². The Hall–Kier alpha value is -4.29. The van der Waals surface area contributed by atoms with Crippen LogP contribution in [0, 0.1) is 32.1 Å². The highest BCUT2D eigenvalue weighted by atomic mass is 32.1. The molecule has 9 heteroatoms. The molecule has 1 N–H and O–H groups in total. The molecule has 2 aromatic heterocycles. The number of ether oxygens (including phenoxy) is 1. The highest BCUT2D eigenvalue weighted by molar-refractivity contribution is 7.15. The molecule has 0 fully saturated rings. The Kier molecular flexibility index (Phi) is 7.07. The van der Waals surface area contributed by atoms with Crippen LogP contribution in [-0.2, 0) is 4.79 Å². The Morgan fingerprint density at radius 1 is 1.11 bits per heavy atom. The number of hydrogen-bond acceptors (Lipinski definition) is 7. The monoisotopic (exact) mass is 525 g/mol. The zero-order valence-corrected chi connectivity index (χ0v) is 22.2. The van der Waals surface area contributed by atoms with Gasteiger partial charge in [0.15, 0.2) is 5.82 Å².